The molecule has 21 heavy (non-hydrogen) atoms. The van der Waals surface area contributed by atoms with E-state index in [2.05, 4.69) is 24.2 Å². The maximum atomic E-state index is 11.3. The highest BCUT2D eigenvalue weighted by molar-refractivity contribution is 5.82. The van der Waals surface area contributed by atoms with Crippen LogP contribution in [0.5, 0.6) is 0 Å². The molecule has 0 N–H and O–H groups in total. The van der Waals surface area contributed by atoms with Gasteiger partial charge in [0.25, 0.3) is 0 Å². The van der Waals surface area contributed by atoms with Gasteiger partial charge in [0.15, 0.2) is 0 Å². The summed E-state index contributed by atoms with van der Waals surface area (Å²) >= 11 is 0. The van der Waals surface area contributed by atoms with E-state index < -0.39 is 6.10 Å². The Morgan fingerprint density at radius 3 is 1.95 bits per heavy atom. The molecule has 0 aliphatic carbocycles. The number of unbranched alkanes of at least 4 members (excludes halogenated alkanes) is 10. The van der Waals surface area contributed by atoms with Crippen LogP contribution in [0.3, 0.4) is 0 Å². The average molecular weight is 296 g/mol. The molecule has 1 rings (SSSR count). The van der Waals surface area contributed by atoms with Crippen molar-refractivity contribution >= 4 is 5.91 Å². The minimum atomic E-state index is -0.423. The van der Waals surface area contributed by atoms with Gasteiger partial charge in [0.1, 0.15) is 0 Å². The summed E-state index contributed by atoms with van der Waals surface area (Å²) in [7, 11) is 0. The minimum absolute atomic E-state index is 0.217. The van der Waals surface area contributed by atoms with Crippen LogP contribution in [-0.4, -0.2) is 12.0 Å². The van der Waals surface area contributed by atoms with Gasteiger partial charge in [0.05, 0.1) is 0 Å². The van der Waals surface area contributed by atoms with Crippen LogP contribution in [0.4, 0.5) is 0 Å². The van der Waals surface area contributed by atoms with E-state index in [0.717, 1.165) is 6.42 Å². The number of nitrogens with zero attached hydrogens (tertiary/aromatic N) is 2. The lowest BCUT2D eigenvalue weighted by Gasteiger charge is -2.14. The molecule has 4 nitrogen and oxygen atoms in total. The summed E-state index contributed by atoms with van der Waals surface area (Å²) in [5, 5.41) is 6.75. The Bertz CT molecular complexity index is 305. The van der Waals surface area contributed by atoms with Crippen molar-refractivity contribution in [1.82, 2.24) is 0 Å². The van der Waals surface area contributed by atoms with Crippen LogP contribution in [0.15, 0.2) is 10.4 Å². The third kappa shape index (κ3) is 8.18. The lowest BCUT2D eigenvalue weighted by Crippen LogP contribution is -2.24. The fraction of sp³-hybridized carbons (Fsp3) is 0.941. The van der Waals surface area contributed by atoms with Crippen LogP contribution < -0.4 is 0 Å². The second-order valence-corrected chi connectivity index (χ2v) is 6.35. The molecule has 0 fully saturated rings. The number of hydrogen-bond acceptors (Lipinski definition) is 3. The van der Waals surface area contributed by atoms with Crippen LogP contribution in [0, 0.1) is 5.92 Å². The van der Waals surface area contributed by atoms with Crippen molar-refractivity contribution < 1.29 is 9.63 Å². The summed E-state index contributed by atoms with van der Waals surface area (Å²) in [5.41, 5.74) is 0. The van der Waals surface area contributed by atoms with Crippen molar-refractivity contribution in [3.63, 3.8) is 0 Å². The molecule has 0 aromatic rings. The molecule has 0 aromatic carbocycles. The Morgan fingerprint density at radius 2 is 1.48 bits per heavy atom. The summed E-state index contributed by atoms with van der Waals surface area (Å²) in [6.07, 6.45) is 15.4. The van der Waals surface area contributed by atoms with E-state index in [9.17, 15) is 4.79 Å². The van der Waals surface area contributed by atoms with Gasteiger partial charge in [-0.05, 0) is 6.42 Å². The quantitative estimate of drug-likeness (QED) is 0.414. The Labute approximate surface area is 129 Å². The topological polar surface area (TPSA) is 51.0 Å². The van der Waals surface area contributed by atoms with E-state index in [4.69, 9.17) is 4.84 Å². The Hall–Kier alpha value is -0.930. The van der Waals surface area contributed by atoms with Gasteiger partial charge in [0, 0.05) is 11.2 Å². The average Bonchev–Trinajstić information content (AvgIpc) is 2.91. The van der Waals surface area contributed by atoms with E-state index in [1.807, 2.05) is 0 Å². The van der Waals surface area contributed by atoms with Crippen molar-refractivity contribution in [2.45, 2.75) is 97.0 Å². The maximum absolute atomic E-state index is 11.3. The molecule has 0 saturated heterocycles. The molecule has 4 heteroatoms. The number of hydrogen-bond donors (Lipinski definition) is 0. The number of rotatable bonds is 13. The van der Waals surface area contributed by atoms with Crippen LogP contribution in [0.25, 0.3) is 0 Å². The van der Waals surface area contributed by atoms with Gasteiger partial charge in [-0.3, -0.25) is 4.79 Å². The first-order chi connectivity index (χ1) is 10.3. The second kappa shape index (κ2) is 11.7. The van der Waals surface area contributed by atoms with Gasteiger partial charge in [-0.2, -0.15) is 0 Å². The Balaban J connectivity index is 1.83. The van der Waals surface area contributed by atoms with Gasteiger partial charge in [-0.25, -0.2) is 0 Å². The fourth-order valence-corrected chi connectivity index (χ4v) is 2.85. The van der Waals surface area contributed by atoms with Crippen molar-refractivity contribution in [1.29, 1.82) is 0 Å². The summed E-state index contributed by atoms with van der Waals surface area (Å²) in [5.74, 6) is 0.0108. The van der Waals surface area contributed by atoms with Crippen molar-refractivity contribution in [3.8, 4) is 0 Å². The highest BCUT2D eigenvalue weighted by Crippen LogP contribution is 2.21. The third-order valence-electron chi connectivity index (χ3n) is 4.32. The van der Waals surface area contributed by atoms with Gasteiger partial charge in [0.2, 0.25) is 6.10 Å². The van der Waals surface area contributed by atoms with Gasteiger partial charge in [-0.15, -0.1) is 0 Å². The molecule has 0 aromatic heterocycles. The van der Waals surface area contributed by atoms with Crippen LogP contribution in [-0.2, 0) is 9.63 Å². The fourth-order valence-electron chi connectivity index (χ4n) is 2.85. The van der Waals surface area contributed by atoms with Crippen LogP contribution in [0.1, 0.15) is 90.9 Å². The van der Waals surface area contributed by atoms with E-state index in [1.165, 1.54) is 70.6 Å². The van der Waals surface area contributed by atoms with Crippen LogP contribution >= 0.6 is 0 Å². The number of carbonyl (C=O) groups is 1. The molecule has 0 radical (unpaired) electrons. The van der Waals surface area contributed by atoms with Gasteiger partial charge >= 0.3 is 5.91 Å². The molecule has 0 spiro atoms. The molecule has 0 saturated carbocycles. The molecule has 2 unspecified atom stereocenters. The highest BCUT2D eigenvalue weighted by atomic mass is 16.7. The van der Waals surface area contributed by atoms with Crippen LogP contribution in [0.2, 0.25) is 0 Å². The molecule has 1 amide bonds. The molecule has 122 valence electrons. The lowest BCUT2D eigenvalue weighted by atomic mass is 9.96. The van der Waals surface area contributed by atoms with Gasteiger partial charge < -0.3 is 4.84 Å². The third-order valence-corrected chi connectivity index (χ3v) is 4.32. The first-order valence-electron chi connectivity index (χ1n) is 8.86. The molecular weight excluding hydrogens is 264 g/mol. The molecule has 1 aliphatic heterocycles. The first-order valence-corrected chi connectivity index (χ1v) is 8.86. The summed E-state index contributed by atoms with van der Waals surface area (Å²) < 4.78 is 0. The molecular formula is C17H32N2O2. The number of amides is 1. The normalized spacial score (nSPS) is 19.0. The lowest BCUT2D eigenvalue weighted by molar-refractivity contribution is -0.126. The maximum Gasteiger partial charge on any atom is 0.311 e. The van der Waals surface area contributed by atoms with E-state index >= 15 is 0 Å². The highest BCUT2D eigenvalue weighted by Gasteiger charge is 2.30. The Kier molecular flexibility index (Phi) is 10.1. The zero-order valence-corrected chi connectivity index (χ0v) is 13.9. The zero-order chi connectivity index (χ0) is 15.3. The smallest absolute Gasteiger partial charge is 0.311 e. The van der Waals surface area contributed by atoms with Gasteiger partial charge in [-0.1, -0.05) is 89.6 Å². The molecule has 1 aliphatic rings. The van der Waals surface area contributed by atoms with Crippen molar-refractivity contribution in [3.05, 3.63) is 0 Å². The summed E-state index contributed by atoms with van der Waals surface area (Å²) in [6.45, 7) is 4.31. The monoisotopic (exact) mass is 296 g/mol. The molecule has 1 heterocycles. The predicted octanol–water partition coefficient (Wildman–Crippen LogP) is 5.62. The summed E-state index contributed by atoms with van der Waals surface area (Å²) in [6, 6.07) is 0. The minimum Gasteiger partial charge on any atom is -0.365 e. The van der Waals surface area contributed by atoms with E-state index in [0.29, 0.717) is 0 Å². The van der Waals surface area contributed by atoms with Crippen molar-refractivity contribution in [2.75, 3.05) is 0 Å². The first kappa shape index (κ1) is 18.1. The standard InChI is InChI=1S/C17H32N2O2/c1-3-4-5-6-7-8-9-10-11-12-13-14-15(2)16-17(20)18-19-21-16/h15-16H,3-14H2,1-2H3. The predicted molar refractivity (Wildman–Crippen MR) is 85.0 cm³/mol. The Morgan fingerprint density at radius 1 is 0.952 bits per heavy atom. The van der Waals surface area contributed by atoms with Crippen molar-refractivity contribution in [2.24, 2.45) is 16.3 Å². The molecule has 0 bridgehead atoms. The second-order valence-electron chi connectivity index (χ2n) is 6.35. The number of carbonyl (C=O) groups excluding carboxylic acids is 1. The SMILES string of the molecule is CCCCCCCCCCCCCC(C)C1ON=NC1=O. The van der Waals surface area contributed by atoms with E-state index in [-0.39, 0.29) is 11.8 Å². The zero-order valence-electron chi connectivity index (χ0n) is 13.9. The summed E-state index contributed by atoms with van der Waals surface area (Å²) in [4.78, 5) is 16.3. The molecule has 2 atom stereocenters. The van der Waals surface area contributed by atoms with E-state index in [1.54, 1.807) is 0 Å². The largest absolute Gasteiger partial charge is 0.365 e.